The van der Waals surface area contributed by atoms with E-state index in [-0.39, 0.29) is 59.9 Å². The average Bonchev–Trinajstić information content (AvgIpc) is 3.90. The van der Waals surface area contributed by atoms with Gasteiger partial charge < -0.3 is 45.5 Å². The first-order valence-electron chi connectivity index (χ1n) is 22.2. The normalized spacial score (nSPS) is 48.7. The fourth-order valence-electron chi connectivity index (χ4n) is 14.4. The predicted octanol–water partition coefficient (Wildman–Crippen LogP) is 4.92. The maximum absolute atomic E-state index is 12.3. The zero-order valence-electron chi connectivity index (χ0n) is 32.9. The van der Waals surface area contributed by atoms with Crippen molar-refractivity contribution in [2.75, 3.05) is 33.4 Å². The van der Waals surface area contributed by atoms with Crippen molar-refractivity contribution < 1.29 is 34.0 Å². The number of rotatable bonds is 11. The molecule has 1 spiro atoms. The predicted molar refractivity (Wildman–Crippen MR) is 203 cm³/mol. The summed E-state index contributed by atoms with van der Waals surface area (Å²) < 4.78 is 26.2. The largest absolute Gasteiger partial charge is 0.465 e. The van der Waals surface area contributed by atoms with Gasteiger partial charge in [0.05, 0.1) is 56.0 Å². The van der Waals surface area contributed by atoms with E-state index in [0.29, 0.717) is 54.8 Å². The van der Waals surface area contributed by atoms with E-state index in [1.807, 2.05) is 7.11 Å². The summed E-state index contributed by atoms with van der Waals surface area (Å²) in [4.78, 5) is 12.3. The van der Waals surface area contributed by atoms with Gasteiger partial charge in [0, 0.05) is 32.5 Å². The monoisotopic (exact) mass is 744 g/mol. The Balaban J connectivity index is 1.03. The van der Waals surface area contributed by atoms with Gasteiger partial charge in [0.2, 0.25) is 0 Å². The first kappa shape index (κ1) is 39.0. The van der Waals surface area contributed by atoms with Gasteiger partial charge in [-0.2, -0.15) is 0 Å². The van der Waals surface area contributed by atoms with Crippen LogP contribution in [0.3, 0.4) is 0 Å². The number of aliphatic hydroxyl groups is 2. The van der Waals surface area contributed by atoms with Gasteiger partial charge >= 0.3 is 5.97 Å². The molecule has 13 unspecified atom stereocenters. The first-order valence-corrected chi connectivity index (χ1v) is 22.2. The molecule has 8 fully saturated rings. The SMILES string of the molecule is COC1CC(O)CC2C[C@@]3(CC[C@@H](CC4CCC(N)NC4)C3)C3C(CCC4C3O[C@H](C3CCC(O)C(OCCNC5CCCC5)C3)[C@@H]4COC(C)=O)C21. The van der Waals surface area contributed by atoms with Crippen molar-refractivity contribution in [1.29, 1.82) is 0 Å². The van der Waals surface area contributed by atoms with Gasteiger partial charge in [0.15, 0.2) is 0 Å². The van der Waals surface area contributed by atoms with E-state index in [2.05, 4.69) is 10.6 Å². The number of piperidine rings is 1. The van der Waals surface area contributed by atoms with Gasteiger partial charge in [-0.1, -0.05) is 12.8 Å². The number of ether oxygens (including phenoxy) is 4. The number of fused-ring (bicyclic) bond motifs is 6. The number of hydrogen-bond acceptors (Lipinski definition) is 10. The zero-order chi connectivity index (χ0) is 36.7. The summed E-state index contributed by atoms with van der Waals surface area (Å²) in [5.41, 5.74) is 6.41. The minimum atomic E-state index is -0.450. The number of methoxy groups -OCH3 is 1. The topological polar surface area (TPSA) is 145 Å². The number of carbonyl (C=O) groups is 1. The molecule has 53 heavy (non-hydrogen) atoms. The summed E-state index contributed by atoms with van der Waals surface area (Å²) in [5, 5.41) is 29.4. The first-order chi connectivity index (χ1) is 25.7. The average molecular weight is 744 g/mol. The summed E-state index contributed by atoms with van der Waals surface area (Å²) in [7, 11) is 1.86. The van der Waals surface area contributed by atoms with Gasteiger partial charge in [-0.15, -0.1) is 0 Å². The highest BCUT2D eigenvalue weighted by Crippen LogP contribution is 2.68. The molecule has 0 aromatic heterocycles. The van der Waals surface area contributed by atoms with Crippen LogP contribution in [0.4, 0.5) is 0 Å². The van der Waals surface area contributed by atoms with Gasteiger partial charge in [0.25, 0.3) is 0 Å². The van der Waals surface area contributed by atoms with Gasteiger partial charge in [-0.05, 0) is 162 Å². The van der Waals surface area contributed by atoms with Crippen molar-refractivity contribution in [2.24, 2.45) is 64.4 Å². The molecule has 6 saturated carbocycles. The second-order valence-corrected chi connectivity index (χ2v) is 19.6. The molecule has 0 amide bonds. The summed E-state index contributed by atoms with van der Waals surface area (Å²) in [6, 6.07) is 0.610. The van der Waals surface area contributed by atoms with Crippen LogP contribution in [0.25, 0.3) is 0 Å². The maximum atomic E-state index is 12.3. The van der Waals surface area contributed by atoms with Crippen molar-refractivity contribution in [3.63, 3.8) is 0 Å². The lowest BCUT2D eigenvalue weighted by Crippen LogP contribution is -2.59. The minimum absolute atomic E-state index is 0.00536. The van der Waals surface area contributed by atoms with Gasteiger partial charge in [-0.25, -0.2) is 0 Å². The number of nitrogens with one attached hydrogen (secondary N) is 2. The summed E-state index contributed by atoms with van der Waals surface area (Å²) >= 11 is 0. The van der Waals surface area contributed by atoms with Crippen LogP contribution in [0.15, 0.2) is 0 Å². The lowest BCUT2D eigenvalue weighted by atomic mass is 9.45. The van der Waals surface area contributed by atoms with Crippen LogP contribution in [0.1, 0.15) is 122 Å². The molecule has 0 radical (unpaired) electrons. The summed E-state index contributed by atoms with van der Waals surface area (Å²) in [5.74, 6) is 3.90. The molecular weight excluding hydrogens is 670 g/mol. The van der Waals surface area contributed by atoms with Crippen LogP contribution < -0.4 is 16.4 Å². The molecular formula is C43H73N3O7. The molecule has 2 aliphatic heterocycles. The number of carbonyl (C=O) groups excluding carboxylic acids is 1. The molecule has 10 heteroatoms. The Bertz CT molecular complexity index is 1210. The van der Waals surface area contributed by atoms with Crippen LogP contribution >= 0.6 is 0 Å². The van der Waals surface area contributed by atoms with E-state index in [1.54, 1.807) is 0 Å². The number of aliphatic hydroxyl groups excluding tert-OH is 2. The third kappa shape index (κ3) is 8.28. The number of esters is 1. The Kier molecular flexibility index (Phi) is 12.5. The van der Waals surface area contributed by atoms with Crippen LogP contribution in [-0.2, 0) is 23.7 Å². The molecule has 6 aliphatic carbocycles. The molecule has 17 atom stereocenters. The molecule has 6 N–H and O–H groups in total. The summed E-state index contributed by atoms with van der Waals surface area (Å²) in [6.07, 6.45) is 19.4. The molecule has 8 rings (SSSR count). The molecule has 0 aromatic carbocycles. The summed E-state index contributed by atoms with van der Waals surface area (Å²) in [6.45, 7) is 4.44. The molecule has 8 aliphatic rings. The van der Waals surface area contributed by atoms with E-state index in [9.17, 15) is 15.0 Å². The lowest BCUT2D eigenvalue weighted by molar-refractivity contribution is -0.192. The van der Waals surface area contributed by atoms with E-state index in [1.165, 1.54) is 71.1 Å². The molecule has 10 nitrogen and oxygen atoms in total. The van der Waals surface area contributed by atoms with Crippen molar-refractivity contribution >= 4 is 5.97 Å². The quantitative estimate of drug-likeness (QED) is 0.146. The molecule has 0 aromatic rings. The van der Waals surface area contributed by atoms with E-state index < -0.39 is 6.10 Å². The second kappa shape index (κ2) is 16.9. The van der Waals surface area contributed by atoms with E-state index >= 15 is 0 Å². The number of hydrogen-bond donors (Lipinski definition) is 5. The zero-order valence-corrected chi connectivity index (χ0v) is 32.9. The van der Waals surface area contributed by atoms with Gasteiger partial charge in [-0.3, -0.25) is 4.79 Å². The molecule has 2 saturated heterocycles. The fraction of sp³-hybridized carbons (Fsp3) is 0.977. The third-order valence-corrected chi connectivity index (χ3v) is 16.5. The van der Waals surface area contributed by atoms with Crippen LogP contribution in [0.2, 0.25) is 0 Å². The minimum Gasteiger partial charge on any atom is -0.465 e. The third-order valence-electron chi connectivity index (χ3n) is 16.5. The van der Waals surface area contributed by atoms with Crippen molar-refractivity contribution in [3.05, 3.63) is 0 Å². The maximum Gasteiger partial charge on any atom is 0.302 e. The van der Waals surface area contributed by atoms with Crippen LogP contribution in [-0.4, -0.2) is 98.4 Å². The van der Waals surface area contributed by atoms with E-state index in [0.717, 1.165) is 70.4 Å². The molecule has 0 bridgehead atoms. The lowest BCUT2D eigenvalue weighted by Gasteiger charge is -2.61. The Hall–Kier alpha value is -0.850. The van der Waals surface area contributed by atoms with Crippen LogP contribution in [0, 0.1) is 58.7 Å². The Morgan fingerprint density at radius 1 is 0.906 bits per heavy atom. The van der Waals surface area contributed by atoms with Crippen LogP contribution in [0.5, 0.6) is 0 Å². The standard InChI is InChI=1S/C43H73N3O7/c1-25(47)52-24-34-32-9-10-33-39-29(18-31(48)20-37(39)50-2)22-43(14-13-26(21-43)17-27-7-12-38(44)46-23-27)40(33)42(32)53-41(34)28-8-11-35(49)36(19-28)51-16-15-45-30-5-3-4-6-30/h26-42,45-46,48-49H,3-24,44H2,1-2H3/t26-,27?,28?,29?,31?,32?,33?,34+,35?,36?,37?,38?,39?,40?,41+,42?,43-/m0/s1. The van der Waals surface area contributed by atoms with Gasteiger partial charge in [0.1, 0.15) is 0 Å². The molecule has 302 valence electrons. The highest BCUT2D eigenvalue weighted by atomic mass is 16.5. The smallest absolute Gasteiger partial charge is 0.302 e. The molecule has 2 heterocycles. The fourth-order valence-corrected chi connectivity index (χ4v) is 14.4. The Morgan fingerprint density at radius 3 is 2.51 bits per heavy atom. The van der Waals surface area contributed by atoms with Crippen molar-refractivity contribution in [2.45, 2.75) is 171 Å². The number of nitrogens with two attached hydrogens (primary N) is 1. The Labute approximate surface area is 319 Å². The highest BCUT2D eigenvalue weighted by Gasteiger charge is 2.65. The Morgan fingerprint density at radius 2 is 1.74 bits per heavy atom. The van der Waals surface area contributed by atoms with E-state index in [4.69, 9.17) is 24.7 Å². The van der Waals surface area contributed by atoms with Crippen molar-refractivity contribution in [3.8, 4) is 0 Å². The second-order valence-electron chi connectivity index (χ2n) is 19.6. The van der Waals surface area contributed by atoms with Crippen molar-refractivity contribution in [1.82, 2.24) is 10.6 Å². The highest BCUT2D eigenvalue weighted by molar-refractivity contribution is 5.65.